The smallest absolute Gasteiger partial charge is 0.228 e. The van der Waals surface area contributed by atoms with Crippen molar-refractivity contribution in [3.63, 3.8) is 0 Å². The van der Waals surface area contributed by atoms with Crippen LogP contribution in [0.15, 0.2) is 66.0 Å². The van der Waals surface area contributed by atoms with E-state index in [1.54, 1.807) is 10.8 Å². The Hall–Kier alpha value is -2.86. The van der Waals surface area contributed by atoms with E-state index in [2.05, 4.69) is 20.1 Å². The van der Waals surface area contributed by atoms with Crippen molar-refractivity contribution < 1.29 is 17.5 Å². The second-order valence-electron chi connectivity index (χ2n) is 9.20. The Balaban J connectivity index is 1.62. The molecular weight excluding hydrogens is 525 g/mol. The van der Waals surface area contributed by atoms with Gasteiger partial charge in [0.05, 0.1) is 43.9 Å². The molecule has 8 nitrogen and oxygen atoms in total. The number of halogens is 1. The van der Waals surface area contributed by atoms with Gasteiger partial charge in [0.15, 0.2) is 5.11 Å². The average Bonchev–Trinajstić information content (AvgIpc) is 3.32. The van der Waals surface area contributed by atoms with Crippen LogP contribution in [0.3, 0.4) is 0 Å². The minimum atomic E-state index is -3.81. The Bertz CT molecular complexity index is 1290. The first-order valence-electron chi connectivity index (χ1n) is 12.7. The molecule has 2 aromatic carbocycles. The van der Waals surface area contributed by atoms with Gasteiger partial charge >= 0.3 is 0 Å². The fourth-order valence-corrected chi connectivity index (χ4v) is 6.16. The minimum absolute atomic E-state index is 0.0109. The normalized spacial score (nSPS) is 14.4. The molecular formula is C27H34FN5O3S2. The molecule has 0 saturated carbocycles. The summed E-state index contributed by atoms with van der Waals surface area (Å²) < 4.78 is 47.6. The van der Waals surface area contributed by atoms with E-state index in [9.17, 15) is 12.8 Å². The maximum atomic E-state index is 13.5. The van der Waals surface area contributed by atoms with Gasteiger partial charge in [-0.2, -0.15) is 0 Å². The molecule has 0 aliphatic carbocycles. The van der Waals surface area contributed by atoms with E-state index >= 15 is 0 Å². The lowest BCUT2D eigenvalue weighted by molar-refractivity contribution is 0.0356. The van der Waals surface area contributed by atoms with Crippen molar-refractivity contribution in [2.24, 2.45) is 0 Å². The fraction of sp³-hybridized carbons (Fsp3) is 0.407. The minimum Gasteiger partial charge on any atom is -0.379 e. The quantitative estimate of drug-likeness (QED) is 0.359. The van der Waals surface area contributed by atoms with Gasteiger partial charge < -0.3 is 19.5 Å². The standard InChI is InChI=1S/C27H34FN5O3S2/c1-2-29-26(37)32(13-12-31-14-16-36-17-15-31)20-25-18-30-27(33(25)19-22-6-4-3-5-7-22)38(34,35)21-23-8-10-24(28)11-9-23/h3-11,18H,2,12-17,19-21H2,1H3,(H,29,37). The predicted octanol–water partition coefficient (Wildman–Crippen LogP) is 3.07. The number of thiocarbonyl (C=S) groups is 1. The van der Waals surface area contributed by atoms with E-state index in [4.69, 9.17) is 17.0 Å². The number of nitrogens with one attached hydrogen (secondary N) is 1. The largest absolute Gasteiger partial charge is 0.379 e. The maximum Gasteiger partial charge on any atom is 0.228 e. The molecule has 1 aliphatic heterocycles. The number of aromatic nitrogens is 2. The van der Waals surface area contributed by atoms with Crippen LogP contribution in [0.25, 0.3) is 0 Å². The first-order chi connectivity index (χ1) is 18.4. The molecule has 38 heavy (non-hydrogen) atoms. The van der Waals surface area contributed by atoms with Gasteiger partial charge in [-0.3, -0.25) is 4.90 Å². The summed E-state index contributed by atoms with van der Waals surface area (Å²) in [5.41, 5.74) is 2.20. The molecule has 0 spiro atoms. The van der Waals surface area contributed by atoms with E-state index in [-0.39, 0.29) is 10.9 Å². The van der Waals surface area contributed by atoms with Gasteiger partial charge in [0.2, 0.25) is 15.0 Å². The molecule has 11 heteroatoms. The summed E-state index contributed by atoms with van der Waals surface area (Å²) in [7, 11) is -3.81. The van der Waals surface area contributed by atoms with E-state index < -0.39 is 15.7 Å². The molecule has 4 rings (SSSR count). The molecule has 0 bridgehead atoms. The van der Waals surface area contributed by atoms with Crippen LogP contribution in [0.1, 0.15) is 23.7 Å². The van der Waals surface area contributed by atoms with Crippen LogP contribution in [0.2, 0.25) is 0 Å². The molecule has 1 saturated heterocycles. The van der Waals surface area contributed by atoms with Crippen LogP contribution in [-0.2, 0) is 33.4 Å². The SMILES string of the molecule is CCNC(=S)N(CCN1CCOCC1)Cc1cnc(S(=O)(=O)Cc2ccc(F)cc2)n1Cc1ccccc1. The van der Waals surface area contributed by atoms with Crippen molar-refractivity contribution in [3.8, 4) is 0 Å². The highest BCUT2D eigenvalue weighted by Crippen LogP contribution is 2.21. The highest BCUT2D eigenvalue weighted by molar-refractivity contribution is 7.90. The number of hydrogen-bond donors (Lipinski definition) is 1. The number of imidazole rings is 1. The molecule has 1 fully saturated rings. The van der Waals surface area contributed by atoms with E-state index in [0.717, 1.165) is 44.1 Å². The molecule has 2 heterocycles. The van der Waals surface area contributed by atoms with Gasteiger partial charge in [0, 0.05) is 32.7 Å². The Morgan fingerprint density at radius 1 is 1.11 bits per heavy atom. The highest BCUT2D eigenvalue weighted by Gasteiger charge is 2.26. The number of sulfone groups is 1. The summed E-state index contributed by atoms with van der Waals surface area (Å²) >= 11 is 5.68. The zero-order chi connectivity index (χ0) is 27.0. The number of rotatable bonds is 11. The Morgan fingerprint density at radius 3 is 2.50 bits per heavy atom. The van der Waals surface area contributed by atoms with Gasteiger partial charge in [-0.1, -0.05) is 42.5 Å². The third-order valence-electron chi connectivity index (χ3n) is 6.39. The molecule has 1 N–H and O–H groups in total. The van der Waals surface area contributed by atoms with Crippen molar-refractivity contribution in [2.75, 3.05) is 45.9 Å². The van der Waals surface area contributed by atoms with Gasteiger partial charge in [0.25, 0.3) is 0 Å². The number of ether oxygens (including phenoxy) is 1. The number of hydrogen-bond acceptors (Lipinski definition) is 6. The second kappa shape index (κ2) is 13.3. The first kappa shape index (κ1) is 28.2. The van der Waals surface area contributed by atoms with Gasteiger partial charge in [-0.05, 0) is 42.4 Å². The zero-order valence-electron chi connectivity index (χ0n) is 21.6. The molecule has 0 amide bonds. The molecule has 0 radical (unpaired) electrons. The molecule has 0 unspecified atom stereocenters. The molecule has 1 aliphatic rings. The Morgan fingerprint density at radius 2 is 1.82 bits per heavy atom. The molecule has 204 valence electrons. The van der Waals surface area contributed by atoms with Crippen molar-refractivity contribution in [1.82, 2.24) is 24.7 Å². The number of morpholine rings is 1. The van der Waals surface area contributed by atoms with Crippen molar-refractivity contribution in [3.05, 3.63) is 83.4 Å². The van der Waals surface area contributed by atoms with Gasteiger partial charge in [-0.15, -0.1) is 0 Å². The summed E-state index contributed by atoms with van der Waals surface area (Å²) in [6.07, 6.45) is 1.62. The Kier molecular flexibility index (Phi) is 9.84. The monoisotopic (exact) mass is 559 g/mol. The fourth-order valence-electron chi connectivity index (χ4n) is 4.36. The third kappa shape index (κ3) is 7.59. The number of nitrogens with zero attached hydrogens (tertiary/aromatic N) is 4. The second-order valence-corrected chi connectivity index (χ2v) is 11.5. The van der Waals surface area contributed by atoms with E-state index in [0.29, 0.717) is 36.9 Å². The Labute approximate surface area is 229 Å². The van der Waals surface area contributed by atoms with Crippen LogP contribution in [-0.4, -0.2) is 78.8 Å². The van der Waals surface area contributed by atoms with Crippen LogP contribution >= 0.6 is 12.2 Å². The van der Waals surface area contributed by atoms with E-state index in [1.807, 2.05) is 37.3 Å². The lowest BCUT2D eigenvalue weighted by atomic mass is 10.2. The summed E-state index contributed by atoms with van der Waals surface area (Å²) in [6.45, 7) is 8.12. The van der Waals surface area contributed by atoms with Crippen LogP contribution in [0.4, 0.5) is 4.39 Å². The summed E-state index contributed by atoms with van der Waals surface area (Å²) in [4.78, 5) is 8.79. The summed E-state index contributed by atoms with van der Waals surface area (Å²) in [6, 6.07) is 15.2. The van der Waals surface area contributed by atoms with Crippen molar-refractivity contribution in [1.29, 1.82) is 0 Å². The van der Waals surface area contributed by atoms with Crippen molar-refractivity contribution >= 4 is 27.2 Å². The first-order valence-corrected chi connectivity index (χ1v) is 14.8. The topological polar surface area (TPSA) is 79.7 Å². The molecule has 1 aromatic heterocycles. The van der Waals surface area contributed by atoms with E-state index in [1.165, 1.54) is 24.3 Å². The lowest BCUT2D eigenvalue weighted by Crippen LogP contribution is -2.46. The van der Waals surface area contributed by atoms with Crippen LogP contribution in [0.5, 0.6) is 0 Å². The van der Waals surface area contributed by atoms with Crippen LogP contribution in [0, 0.1) is 5.82 Å². The van der Waals surface area contributed by atoms with Crippen LogP contribution < -0.4 is 5.32 Å². The average molecular weight is 560 g/mol. The zero-order valence-corrected chi connectivity index (χ0v) is 23.2. The lowest BCUT2D eigenvalue weighted by Gasteiger charge is -2.31. The summed E-state index contributed by atoms with van der Waals surface area (Å²) in [5.74, 6) is -0.678. The van der Waals surface area contributed by atoms with Crippen molar-refractivity contribution in [2.45, 2.75) is 30.9 Å². The molecule has 0 atom stereocenters. The maximum absolute atomic E-state index is 13.5. The summed E-state index contributed by atoms with van der Waals surface area (Å²) in [5, 5.41) is 3.84. The third-order valence-corrected chi connectivity index (χ3v) is 8.39. The van der Waals surface area contributed by atoms with Gasteiger partial charge in [-0.25, -0.2) is 17.8 Å². The molecule has 3 aromatic rings. The van der Waals surface area contributed by atoms with Gasteiger partial charge in [0.1, 0.15) is 5.82 Å². The predicted molar refractivity (Wildman–Crippen MR) is 149 cm³/mol. The number of benzene rings is 2. The highest BCUT2D eigenvalue weighted by atomic mass is 32.2.